The average molecular weight is 514 g/mol. The fourth-order valence-corrected chi connectivity index (χ4v) is 5.87. The summed E-state index contributed by atoms with van der Waals surface area (Å²) in [5, 5.41) is 5.93. The number of likely N-dealkylation sites (tertiary alicyclic amines) is 1. The van der Waals surface area contributed by atoms with Crippen LogP contribution in [0.1, 0.15) is 91.5 Å². The molecule has 7 heteroatoms. The Labute approximate surface area is 223 Å². The van der Waals surface area contributed by atoms with Gasteiger partial charge in [-0.3, -0.25) is 9.59 Å². The van der Waals surface area contributed by atoms with E-state index in [9.17, 15) is 14.4 Å². The second kappa shape index (κ2) is 13.3. The van der Waals surface area contributed by atoms with Crippen molar-refractivity contribution in [2.24, 2.45) is 17.3 Å². The highest BCUT2D eigenvalue weighted by Gasteiger charge is 2.42. The summed E-state index contributed by atoms with van der Waals surface area (Å²) >= 11 is 0. The van der Waals surface area contributed by atoms with Gasteiger partial charge >= 0.3 is 6.09 Å². The van der Waals surface area contributed by atoms with Gasteiger partial charge < -0.3 is 20.3 Å². The lowest BCUT2D eigenvalue weighted by molar-refractivity contribution is -0.140. The van der Waals surface area contributed by atoms with Crippen LogP contribution in [0.5, 0.6) is 0 Å². The molecule has 1 heterocycles. The van der Waals surface area contributed by atoms with E-state index in [0.717, 1.165) is 63.5 Å². The first-order chi connectivity index (χ1) is 17.6. The molecule has 3 amide bonds. The number of ether oxygens (including phenoxy) is 1. The first-order valence-electron chi connectivity index (χ1n) is 14.2. The molecule has 1 aromatic carbocycles. The molecule has 7 nitrogen and oxygen atoms in total. The number of nitrogens with zero attached hydrogens (tertiary/aromatic N) is 1. The highest BCUT2D eigenvalue weighted by atomic mass is 16.5. The van der Waals surface area contributed by atoms with Crippen LogP contribution in [0.25, 0.3) is 0 Å². The lowest BCUT2D eigenvalue weighted by Crippen LogP contribution is -2.60. The van der Waals surface area contributed by atoms with E-state index in [4.69, 9.17) is 4.74 Å². The predicted molar refractivity (Wildman–Crippen MR) is 146 cm³/mol. The number of hydrogen-bond acceptors (Lipinski definition) is 4. The van der Waals surface area contributed by atoms with Gasteiger partial charge in [0.05, 0.1) is 0 Å². The molecule has 206 valence electrons. The van der Waals surface area contributed by atoms with Crippen LogP contribution >= 0.6 is 0 Å². The van der Waals surface area contributed by atoms with Crippen molar-refractivity contribution in [3.05, 3.63) is 35.9 Å². The lowest BCUT2D eigenvalue weighted by Gasteiger charge is -2.37. The normalized spacial score (nSPS) is 22.2. The molecule has 4 unspecified atom stereocenters. The Morgan fingerprint density at radius 2 is 1.73 bits per heavy atom. The molecular weight excluding hydrogens is 466 g/mol. The molecule has 2 fully saturated rings. The van der Waals surface area contributed by atoms with E-state index in [1.165, 1.54) is 0 Å². The van der Waals surface area contributed by atoms with Crippen LogP contribution < -0.4 is 10.6 Å². The maximum absolute atomic E-state index is 13.8. The maximum Gasteiger partial charge on any atom is 0.408 e. The van der Waals surface area contributed by atoms with Crippen molar-refractivity contribution >= 4 is 17.9 Å². The Balaban J connectivity index is 1.71. The Morgan fingerprint density at radius 3 is 2.35 bits per heavy atom. The topological polar surface area (TPSA) is 87.7 Å². The second-order valence-electron chi connectivity index (χ2n) is 12.1. The van der Waals surface area contributed by atoms with Crippen molar-refractivity contribution in [1.29, 1.82) is 0 Å². The van der Waals surface area contributed by atoms with Crippen LogP contribution in [0.4, 0.5) is 4.79 Å². The largest absolute Gasteiger partial charge is 0.445 e. The zero-order valence-electron chi connectivity index (χ0n) is 23.4. The molecule has 0 spiro atoms. The molecule has 0 radical (unpaired) electrons. The van der Waals surface area contributed by atoms with Crippen LogP contribution in [0, 0.1) is 17.3 Å². The number of carbonyl (C=O) groups excluding carboxylic acids is 3. The summed E-state index contributed by atoms with van der Waals surface area (Å²) in [7, 11) is 0. The molecule has 1 saturated heterocycles. The number of alkyl carbamates (subject to hydrolysis) is 1. The van der Waals surface area contributed by atoms with Gasteiger partial charge in [-0.05, 0) is 55.4 Å². The van der Waals surface area contributed by atoms with E-state index >= 15 is 0 Å². The summed E-state index contributed by atoms with van der Waals surface area (Å²) < 4.78 is 5.44. The molecular formula is C30H47N3O4. The third-order valence-corrected chi connectivity index (χ3v) is 7.93. The lowest BCUT2D eigenvalue weighted by atomic mass is 9.82. The monoisotopic (exact) mass is 513 g/mol. The molecule has 2 aliphatic rings. The van der Waals surface area contributed by atoms with E-state index in [0.29, 0.717) is 5.92 Å². The zero-order valence-corrected chi connectivity index (χ0v) is 23.4. The van der Waals surface area contributed by atoms with Crippen molar-refractivity contribution < 1.29 is 19.1 Å². The Morgan fingerprint density at radius 1 is 1.05 bits per heavy atom. The van der Waals surface area contributed by atoms with E-state index in [-0.39, 0.29) is 30.4 Å². The summed E-state index contributed by atoms with van der Waals surface area (Å²) in [6, 6.07) is 8.24. The summed E-state index contributed by atoms with van der Waals surface area (Å²) in [5.41, 5.74) is 0.413. The van der Waals surface area contributed by atoms with Crippen molar-refractivity contribution in [1.82, 2.24) is 15.5 Å². The van der Waals surface area contributed by atoms with Crippen LogP contribution in [0.3, 0.4) is 0 Å². The van der Waals surface area contributed by atoms with Gasteiger partial charge in [0.25, 0.3) is 0 Å². The summed E-state index contributed by atoms with van der Waals surface area (Å²) in [6.07, 6.45) is 7.54. The highest BCUT2D eigenvalue weighted by molar-refractivity contribution is 5.92. The van der Waals surface area contributed by atoms with Gasteiger partial charge in [-0.25, -0.2) is 4.79 Å². The van der Waals surface area contributed by atoms with E-state index < -0.39 is 23.6 Å². The van der Waals surface area contributed by atoms with Crippen LogP contribution in [0.15, 0.2) is 30.3 Å². The smallest absolute Gasteiger partial charge is 0.408 e. The Hall–Kier alpha value is -2.57. The number of nitrogens with one attached hydrogen (secondary N) is 2. The molecule has 1 aliphatic carbocycles. The minimum absolute atomic E-state index is 0.0217. The van der Waals surface area contributed by atoms with Crippen molar-refractivity contribution in [2.75, 3.05) is 6.54 Å². The van der Waals surface area contributed by atoms with Gasteiger partial charge in [0.15, 0.2) is 0 Å². The SMILES string of the molecule is CCCC1CC(C)N(C(=O)C(NC(=O)C(NC(=O)OCc2ccccc2)C2CCCCC2)C(C)(C)C)C1. The second-order valence-corrected chi connectivity index (χ2v) is 12.1. The molecule has 0 aromatic heterocycles. The average Bonchev–Trinajstić information content (AvgIpc) is 3.24. The zero-order chi connectivity index (χ0) is 27.0. The van der Waals surface area contributed by atoms with Gasteiger partial charge in [-0.1, -0.05) is 83.7 Å². The first kappa shape index (κ1) is 29.0. The quantitative estimate of drug-likeness (QED) is 0.461. The van der Waals surface area contributed by atoms with Crippen molar-refractivity contribution in [2.45, 2.75) is 111 Å². The Kier molecular flexibility index (Phi) is 10.4. The first-order valence-corrected chi connectivity index (χ1v) is 14.2. The predicted octanol–water partition coefficient (Wildman–Crippen LogP) is 5.43. The summed E-state index contributed by atoms with van der Waals surface area (Å²) in [5.74, 6) is 0.208. The number of rotatable bonds is 9. The molecule has 37 heavy (non-hydrogen) atoms. The fraction of sp³-hybridized carbons (Fsp3) is 0.700. The third kappa shape index (κ3) is 8.21. The molecule has 4 atom stereocenters. The standard InChI is InChI=1S/C30H47N3O4/c1-6-13-23-18-21(2)33(19-23)28(35)26(30(3,4)5)32-27(34)25(24-16-11-8-12-17-24)31-29(36)37-20-22-14-9-7-10-15-22/h7,9-10,14-15,21,23-26H,6,8,11-13,16-20H2,1-5H3,(H,31,36)(H,32,34). The van der Waals surface area contributed by atoms with Gasteiger partial charge in [0.1, 0.15) is 18.7 Å². The molecule has 2 N–H and O–H groups in total. The van der Waals surface area contributed by atoms with Crippen molar-refractivity contribution in [3.63, 3.8) is 0 Å². The van der Waals surface area contributed by atoms with Crippen LogP contribution in [0.2, 0.25) is 0 Å². The van der Waals surface area contributed by atoms with Crippen molar-refractivity contribution in [3.8, 4) is 0 Å². The third-order valence-electron chi connectivity index (χ3n) is 7.93. The van der Waals surface area contributed by atoms with Gasteiger partial charge in [0, 0.05) is 12.6 Å². The maximum atomic E-state index is 13.8. The molecule has 1 saturated carbocycles. The highest BCUT2D eigenvalue weighted by Crippen LogP contribution is 2.31. The molecule has 1 aromatic rings. The summed E-state index contributed by atoms with van der Waals surface area (Å²) in [4.78, 5) is 42.2. The van der Waals surface area contributed by atoms with Gasteiger partial charge in [0.2, 0.25) is 11.8 Å². The summed E-state index contributed by atoms with van der Waals surface area (Å²) in [6.45, 7) is 11.1. The molecule has 3 rings (SSSR count). The van der Waals surface area contributed by atoms with Crippen LogP contribution in [-0.4, -0.2) is 47.5 Å². The number of amides is 3. The molecule has 0 bridgehead atoms. The van der Waals surface area contributed by atoms with Gasteiger partial charge in [-0.15, -0.1) is 0 Å². The number of benzene rings is 1. The minimum Gasteiger partial charge on any atom is -0.445 e. The van der Waals surface area contributed by atoms with Gasteiger partial charge in [-0.2, -0.15) is 0 Å². The van der Waals surface area contributed by atoms with E-state index in [1.54, 1.807) is 0 Å². The number of carbonyl (C=O) groups is 3. The van der Waals surface area contributed by atoms with E-state index in [2.05, 4.69) is 24.5 Å². The Bertz CT molecular complexity index is 892. The fourth-order valence-electron chi connectivity index (χ4n) is 5.87. The number of hydrogen-bond donors (Lipinski definition) is 2. The van der Waals surface area contributed by atoms with Crippen LogP contribution in [-0.2, 0) is 20.9 Å². The molecule has 1 aliphatic heterocycles. The van der Waals surface area contributed by atoms with E-state index in [1.807, 2.05) is 56.0 Å². The minimum atomic E-state index is -0.731.